The maximum absolute atomic E-state index is 9.28. The molecule has 0 aliphatic heterocycles. The van der Waals surface area contributed by atoms with Crippen LogP contribution in [0, 0.1) is 0 Å². The molecule has 0 aromatic heterocycles. The summed E-state index contributed by atoms with van der Waals surface area (Å²) < 4.78 is 10.1. The molecule has 0 saturated heterocycles. The summed E-state index contributed by atoms with van der Waals surface area (Å²) in [6.45, 7) is -0.132. The van der Waals surface area contributed by atoms with Gasteiger partial charge >= 0.3 is 0 Å². The molecule has 0 saturated carbocycles. The summed E-state index contributed by atoms with van der Waals surface area (Å²) in [6.07, 6.45) is -0.865. The Morgan fingerprint density at radius 3 is 2.80 bits per heavy atom. The molecule has 0 amide bonds. The zero-order chi connectivity index (χ0) is 11.3. The number of rotatable bonds is 5. The van der Waals surface area contributed by atoms with Crippen molar-refractivity contribution in [2.45, 2.75) is 12.7 Å². The third-order valence-corrected chi connectivity index (χ3v) is 1.85. The van der Waals surface area contributed by atoms with Crippen molar-refractivity contribution in [1.82, 2.24) is 0 Å². The van der Waals surface area contributed by atoms with E-state index < -0.39 is 6.29 Å². The summed E-state index contributed by atoms with van der Waals surface area (Å²) in [7, 11) is 1.50. The van der Waals surface area contributed by atoms with Gasteiger partial charge in [0.15, 0.2) is 6.29 Å². The van der Waals surface area contributed by atoms with Crippen LogP contribution < -0.4 is 15.2 Å². The number of aliphatic hydroxyl groups is 2. The lowest BCUT2D eigenvalue weighted by molar-refractivity contribution is -0.0327. The average Bonchev–Trinajstić information content (AvgIpc) is 2.21. The molecule has 1 rings (SSSR count). The number of nitrogen functional groups attached to an aromatic ring is 1. The van der Waals surface area contributed by atoms with Gasteiger partial charge in [0.25, 0.3) is 0 Å². The van der Waals surface area contributed by atoms with Crippen LogP contribution >= 0.6 is 0 Å². The van der Waals surface area contributed by atoms with Crippen molar-refractivity contribution >= 4 is 5.69 Å². The Bertz CT molecular complexity index is 316. The number of methoxy groups -OCH3 is 1. The van der Waals surface area contributed by atoms with E-state index in [9.17, 15) is 5.11 Å². The van der Waals surface area contributed by atoms with Crippen LogP contribution in [-0.4, -0.2) is 30.2 Å². The van der Waals surface area contributed by atoms with Gasteiger partial charge in [0.05, 0.1) is 12.8 Å². The van der Waals surface area contributed by atoms with Crippen LogP contribution in [0.25, 0.3) is 0 Å². The Morgan fingerprint density at radius 1 is 1.47 bits per heavy atom. The molecular formula is C10H15NO4. The fourth-order valence-electron chi connectivity index (χ4n) is 1.09. The molecule has 84 valence electrons. The van der Waals surface area contributed by atoms with Crippen molar-refractivity contribution in [3.05, 3.63) is 18.2 Å². The van der Waals surface area contributed by atoms with Gasteiger partial charge in [-0.3, -0.25) is 0 Å². The smallest absolute Gasteiger partial charge is 0.199 e. The minimum Gasteiger partial charge on any atom is -0.494 e. The zero-order valence-electron chi connectivity index (χ0n) is 8.51. The van der Waals surface area contributed by atoms with E-state index in [2.05, 4.69) is 0 Å². The summed E-state index contributed by atoms with van der Waals surface area (Å²) in [4.78, 5) is 0. The van der Waals surface area contributed by atoms with Gasteiger partial charge in [0.2, 0.25) is 0 Å². The molecule has 1 unspecified atom stereocenters. The van der Waals surface area contributed by atoms with E-state index in [1.54, 1.807) is 18.2 Å². The van der Waals surface area contributed by atoms with Gasteiger partial charge in [0, 0.05) is 19.1 Å². The first-order valence-corrected chi connectivity index (χ1v) is 4.56. The van der Waals surface area contributed by atoms with Crippen LogP contribution in [0.15, 0.2) is 18.2 Å². The number of hydrogen-bond donors (Lipinski definition) is 3. The van der Waals surface area contributed by atoms with Crippen LogP contribution in [0.5, 0.6) is 11.5 Å². The normalized spacial score (nSPS) is 12.2. The van der Waals surface area contributed by atoms with E-state index in [1.807, 2.05) is 0 Å². The molecule has 0 aliphatic rings. The maximum Gasteiger partial charge on any atom is 0.199 e. The van der Waals surface area contributed by atoms with Crippen molar-refractivity contribution in [2.24, 2.45) is 0 Å². The number of aliphatic hydroxyl groups excluding tert-OH is 2. The van der Waals surface area contributed by atoms with Crippen LogP contribution in [0.2, 0.25) is 0 Å². The fourth-order valence-corrected chi connectivity index (χ4v) is 1.09. The molecule has 0 heterocycles. The molecule has 1 aromatic carbocycles. The number of anilines is 1. The van der Waals surface area contributed by atoms with Crippen LogP contribution in [0.3, 0.4) is 0 Å². The molecule has 1 aromatic rings. The SMILES string of the molecule is COc1cc(OC(O)CCO)ccc1N. The molecule has 5 nitrogen and oxygen atoms in total. The quantitative estimate of drug-likeness (QED) is 0.485. The van der Waals surface area contributed by atoms with Crippen molar-refractivity contribution in [3.63, 3.8) is 0 Å². The second-order valence-electron chi connectivity index (χ2n) is 2.99. The predicted molar refractivity (Wildman–Crippen MR) is 55.7 cm³/mol. The average molecular weight is 213 g/mol. The Labute approximate surface area is 88.0 Å². The summed E-state index contributed by atoms with van der Waals surface area (Å²) in [5.74, 6) is 0.936. The summed E-state index contributed by atoms with van der Waals surface area (Å²) in [5.41, 5.74) is 6.11. The topological polar surface area (TPSA) is 84.9 Å². The molecule has 0 aliphatic carbocycles. The molecule has 0 radical (unpaired) electrons. The molecule has 1 atom stereocenters. The highest BCUT2D eigenvalue weighted by Crippen LogP contribution is 2.26. The monoisotopic (exact) mass is 213 g/mol. The van der Waals surface area contributed by atoms with Gasteiger partial charge in [-0.15, -0.1) is 0 Å². The Balaban J connectivity index is 2.69. The lowest BCUT2D eigenvalue weighted by Gasteiger charge is -2.13. The highest BCUT2D eigenvalue weighted by Gasteiger charge is 2.07. The number of benzene rings is 1. The Kier molecular flexibility index (Phi) is 4.20. The lowest BCUT2D eigenvalue weighted by atomic mass is 10.3. The lowest BCUT2D eigenvalue weighted by Crippen LogP contribution is -2.16. The van der Waals surface area contributed by atoms with E-state index in [0.29, 0.717) is 17.2 Å². The molecule has 0 spiro atoms. The highest BCUT2D eigenvalue weighted by molar-refractivity contribution is 5.55. The summed E-state index contributed by atoms with van der Waals surface area (Å²) >= 11 is 0. The van der Waals surface area contributed by atoms with E-state index in [4.69, 9.17) is 20.3 Å². The van der Waals surface area contributed by atoms with E-state index >= 15 is 0 Å². The first-order valence-electron chi connectivity index (χ1n) is 4.56. The third kappa shape index (κ3) is 3.30. The number of hydrogen-bond acceptors (Lipinski definition) is 5. The van der Waals surface area contributed by atoms with Gasteiger partial charge in [0.1, 0.15) is 11.5 Å². The maximum atomic E-state index is 9.28. The molecule has 5 heteroatoms. The molecule has 15 heavy (non-hydrogen) atoms. The minimum atomic E-state index is -1.02. The van der Waals surface area contributed by atoms with Crippen LogP contribution in [0.1, 0.15) is 6.42 Å². The van der Waals surface area contributed by atoms with Gasteiger partial charge in [-0.1, -0.05) is 0 Å². The van der Waals surface area contributed by atoms with E-state index in [1.165, 1.54) is 7.11 Å². The highest BCUT2D eigenvalue weighted by atomic mass is 16.6. The first-order chi connectivity index (χ1) is 7.17. The first kappa shape index (κ1) is 11.6. The van der Waals surface area contributed by atoms with Crippen molar-refractivity contribution in [1.29, 1.82) is 0 Å². The summed E-state index contributed by atoms with van der Waals surface area (Å²) in [5, 5.41) is 17.9. The van der Waals surface area contributed by atoms with Crippen LogP contribution in [0.4, 0.5) is 5.69 Å². The molecule has 4 N–H and O–H groups in total. The van der Waals surface area contributed by atoms with E-state index in [-0.39, 0.29) is 13.0 Å². The van der Waals surface area contributed by atoms with Gasteiger partial charge in [-0.25, -0.2) is 0 Å². The second-order valence-corrected chi connectivity index (χ2v) is 2.99. The Hall–Kier alpha value is -1.46. The number of nitrogens with two attached hydrogens (primary N) is 1. The second kappa shape index (κ2) is 5.43. The van der Waals surface area contributed by atoms with Crippen molar-refractivity contribution in [3.8, 4) is 11.5 Å². The summed E-state index contributed by atoms with van der Waals surface area (Å²) in [6, 6.07) is 4.83. The molecule has 0 bridgehead atoms. The third-order valence-electron chi connectivity index (χ3n) is 1.85. The van der Waals surface area contributed by atoms with Crippen LogP contribution in [-0.2, 0) is 0 Å². The Morgan fingerprint density at radius 2 is 2.20 bits per heavy atom. The largest absolute Gasteiger partial charge is 0.494 e. The van der Waals surface area contributed by atoms with Crippen molar-refractivity contribution in [2.75, 3.05) is 19.5 Å². The number of ether oxygens (including phenoxy) is 2. The fraction of sp³-hybridized carbons (Fsp3) is 0.400. The molecular weight excluding hydrogens is 198 g/mol. The van der Waals surface area contributed by atoms with Gasteiger partial charge in [-0.2, -0.15) is 0 Å². The van der Waals surface area contributed by atoms with Gasteiger partial charge < -0.3 is 25.4 Å². The predicted octanol–water partition coefficient (Wildman–Crippen LogP) is 0.357. The standard InChI is InChI=1S/C10H15NO4/c1-14-9-6-7(2-3-8(9)11)15-10(13)4-5-12/h2-3,6,10,12-13H,4-5,11H2,1H3. The van der Waals surface area contributed by atoms with E-state index in [0.717, 1.165) is 0 Å². The zero-order valence-corrected chi connectivity index (χ0v) is 8.51. The minimum absolute atomic E-state index is 0.132. The van der Waals surface area contributed by atoms with Gasteiger partial charge in [-0.05, 0) is 12.1 Å². The molecule has 0 fully saturated rings. The van der Waals surface area contributed by atoms with Crippen molar-refractivity contribution < 1.29 is 19.7 Å².